The Morgan fingerprint density at radius 2 is 1.76 bits per heavy atom. The maximum atomic E-state index is 14.1. The Labute approximate surface area is 224 Å². The number of aromatic hydroxyl groups is 1. The standard InChI is InChI=1S/C28H42N4O6/c1-28(2,3)38-27(37)31-22(15-16-23(29)34)26(36)32(20-12-8-13-20)24(18-9-7-14-21(33)17-18)25(35)30-19-10-5-4-6-11-19/h7,9,14,17,19-20,22,24,33H,4-6,8,10-13,15-16H2,1-3H3,(H2,29,34)(H,30,35)(H,31,37). The fourth-order valence-corrected chi connectivity index (χ4v) is 5.02. The van der Waals surface area contributed by atoms with Crippen molar-refractivity contribution < 1.29 is 29.0 Å². The van der Waals surface area contributed by atoms with E-state index in [-0.39, 0.29) is 36.6 Å². The van der Waals surface area contributed by atoms with Crippen LogP contribution in [0.5, 0.6) is 5.75 Å². The summed E-state index contributed by atoms with van der Waals surface area (Å²) in [7, 11) is 0. The lowest BCUT2D eigenvalue weighted by Crippen LogP contribution is -2.58. The van der Waals surface area contributed by atoms with Crippen LogP contribution >= 0.6 is 0 Å². The zero-order valence-corrected chi connectivity index (χ0v) is 22.7. The van der Waals surface area contributed by atoms with Crippen molar-refractivity contribution in [2.75, 3.05) is 0 Å². The minimum Gasteiger partial charge on any atom is -0.508 e. The number of benzene rings is 1. The molecular formula is C28H42N4O6. The molecule has 2 fully saturated rings. The number of nitrogens with zero attached hydrogens (tertiary/aromatic N) is 1. The van der Waals surface area contributed by atoms with Crippen LogP contribution in [0.3, 0.4) is 0 Å². The van der Waals surface area contributed by atoms with Gasteiger partial charge in [0.2, 0.25) is 17.7 Å². The summed E-state index contributed by atoms with van der Waals surface area (Å²) in [5, 5.41) is 16.0. The van der Waals surface area contributed by atoms with Crippen LogP contribution in [0.4, 0.5) is 4.79 Å². The first-order valence-electron chi connectivity index (χ1n) is 13.6. The van der Waals surface area contributed by atoms with Gasteiger partial charge in [-0.2, -0.15) is 0 Å². The molecule has 2 aliphatic rings. The highest BCUT2D eigenvalue weighted by Crippen LogP contribution is 2.35. The average Bonchev–Trinajstić information content (AvgIpc) is 2.79. The molecular weight excluding hydrogens is 488 g/mol. The van der Waals surface area contributed by atoms with E-state index in [0.29, 0.717) is 18.4 Å². The summed E-state index contributed by atoms with van der Waals surface area (Å²) >= 11 is 0. The molecule has 0 aromatic heterocycles. The van der Waals surface area contributed by atoms with Crippen LogP contribution in [-0.2, 0) is 19.1 Å². The monoisotopic (exact) mass is 530 g/mol. The summed E-state index contributed by atoms with van der Waals surface area (Å²) in [5.41, 5.74) is 5.05. The Morgan fingerprint density at radius 1 is 1.08 bits per heavy atom. The van der Waals surface area contributed by atoms with E-state index < -0.39 is 35.6 Å². The van der Waals surface area contributed by atoms with E-state index in [1.54, 1.807) is 32.9 Å². The quantitative estimate of drug-likeness (QED) is 0.364. The second-order valence-electron chi connectivity index (χ2n) is 11.4. The van der Waals surface area contributed by atoms with Crippen molar-refractivity contribution in [2.45, 2.75) is 115 Å². The second kappa shape index (κ2) is 13.0. The number of nitrogens with two attached hydrogens (primary N) is 1. The second-order valence-corrected chi connectivity index (χ2v) is 11.4. The molecule has 1 aromatic rings. The summed E-state index contributed by atoms with van der Waals surface area (Å²) < 4.78 is 5.37. The molecule has 3 rings (SSSR count). The highest BCUT2D eigenvalue weighted by atomic mass is 16.6. The number of phenolic OH excluding ortho intramolecular Hbond substituents is 1. The molecule has 0 bridgehead atoms. The minimum absolute atomic E-state index is 0.0138. The van der Waals surface area contributed by atoms with Crippen molar-refractivity contribution in [1.82, 2.24) is 15.5 Å². The van der Waals surface area contributed by atoms with Crippen molar-refractivity contribution in [2.24, 2.45) is 5.73 Å². The SMILES string of the molecule is CC(C)(C)OC(=O)NC(CCC(N)=O)C(=O)N(C1CCC1)C(C(=O)NC1CCCCC1)c1cccc(O)c1. The molecule has 0 spiro atoms. The number of hydrogen-bond acceptors (Lipinski definition) is 6. The predicted octanol–water partition coefficient (Wildman–Crippen LogP) is 3.42. The Balaban J connectivity index is 1.96. The summed E-state index contributed by atoms with van der Waals surface area (Å²) in [6.07, 6.45) is 6.28. The van der Waals surface area contributed by atoms with Crippen LogP contribution in [0.1, 0.15) is 96.6 Å². The van der Waals surface area contributed by atoms with Crippen molar-refractivity contribution >= 4 is 23.8 Å². The van der Waals surface area contributed by atoms with Crippen LogP contribution in [-0.4, -0.2) is 57.5 Å². The molecule has 0 radical (unpaired) electrons. The summed E-state index contributed by atoms with van der Waals surface area (Å²) in [4.78, 5) is 53.8. The molecule has 10 nitrogen and oxygen atoms in total. The maximum absolute atomic E-state index is 14.1. The molecule has 10 heteroatoms. The van der Waals surface area contributed by atoms with Crippen molar-refractivity contribution in [1.29, 1.82) is 0 Å². The van der Waals surface area contributed by atoms with E-state index in [4.69, 9.17) is 10.5 Å². The zero-order valence-electron chi connectivity index (χ0n) is 22.7. The highest BCUT2D eigenvalue weighted by molar-refractivity contribution is 5.93. The molecule has 0 saturated heterocycles. The van der Waals surface area contributed by atoms with Gasteiger partial charge >= 0.3 is 6.09 Å². The number of carbonyl (C=O) groups is 4. The molecule has 2 unspecified atom stereocenters. The van der Waals surface area contributed by atoms with Crippen molar-refractivity contribution in [3.05, 3.63) is 29.8 Å². The van der Waals surface area contributed by atoms with Crippen LogP contribution in [0, 0.1) is 0 Å². The topological polar surface area (TPSA) is 151 Å². The van der Waals surface area contributed by atoms with Gasteiger partial charge < -0.3 is 31.1 Å². The number of amides is 4. The van der Waals surface area contributed by atoms with E-state index in [9.17, 15) is 24.3 Å². The number of nitrogens with one attached hydrogen (secondary N) is 2. The number of alkyl carbamates (subject to hydrolysis) is 1. The number of phenols is 1. The Bertz CT molecular complexity index is 997. The smallest absolute Gasteiger partial charge is 0.408 e. The van der Waals surface area contributed by atoms with Crippen LogP contribution < -0.4 is 16.4 Å². The van der Waals surface area contributed by atoms with Gasteiger partial charge in [0.15, 0.2) is 0 Å². The third-order valence-electron chi connectivity index (χ3n) is 7.06. The van der Waals surface area contributed by atoms with Gasteiger partial charge in [-0.25, -0.2) is 4.79 Å². The first-order chi connectivity index (χ1) is 17.9. The van der Waals surface area contributed by atoms with Crippen LogP contribution in [0.25, 0.3) is 0 Å². The number of ether oxygens (including phenoxy) is 1. The number of rotatable bonds is 10. The summed E-state index contributed by atoms with van der Waals surface area (Å²) in [6.45, 7) is 5.13. The fourth-order valence-electron chi connectivity index (χ4n) is 5.02. The Hall–Kier alpha value is -3.30. The van der Waals surface area contributed by atoms with E-state index >= 15 is 0 Å². The molecule has 1 aromatic carbocycles. The molecule has 2 aliphatic carbocycles. The van der Waals surface area contributed by atoms with Gasteiger partial charge in [-0.3, -0.25) is 14.4 Å². The normalized spacial score (nSPS) is 18.0. The molecule has 4 amide bonds. The lowest BCUT2D eigenvalue weighted by molar-refractivity contribution is -0.148. The van der Waals surface area contributed by atoms with Gasteiger partial charge in [-0.1, -0.05) is 31.4 Å². The first-order valence-corrected chi connectivity index (χ1v) is 13.6. The first kappa shape index (κ1) is 29.3. The van der Waals surface area contributed by atoms with E-state index in [2.05, 4.69) is 10.6 Å². The summed E-state index contributed by atoms with van der Waals surface area (Å²) in [5.74, 6) is -1.44. The van der Waals surface area contributed by atoms with Crippen LogP contribution in [0.15, 0.2) is 24.3 Å². The lowest BCUT2D eigenvalue weighted by atomic mass is 9.87. The van der Waals surface area contributed by atoms with Gasteiger partial charge in [0, 0.05) is 18.5 Å². The molecule has 210 valence electrons. The lowest BCUT2D eigenvalue weighted by Gasteiger charge is -2.44. The zero-order chi connectivity index (χ0) is 27.9. The maximum Gasteiger partial charge on any atom is 0.408 e. The third-order valence-corrected chi connectivity index (χ3v) is 7.06. The number of hydrogen-bond donors (Lipinski definition) is 4. The molecule has 0 aliphatic heterocycles. The summed E-state index contributed by atoms with van der Waals surface area (Å²) in [6, 6.07) is 3.99. The van der Waals surface area contributed by atoms with Gasteiger partial charge in [-0.05, 0) is 77.0 Å². The van der Waals surface area contributed by atoms with Gasteiger partial charge in [0.1, 0.15) is 23.4 Å². The predicted molar refractivity (Wildman–Crippen MR) is 142 cm³/mol. The van der Waals surface area contributed by atoms with Gasteiger partial charge in [0.05, 0.1) is 0 Å². The number of primary amides is 1. The van der Waals surface area contributed by atoms with Gasteiger partial charge in [-0.15, -0.1) is 0 Å². The van der Waals surface area contributed by atoms with E-state index in [0.717, 1.165) is 38.5 Å². The largest absolute Gasteiger partial charge is 0.508 e. The van der Waals surface area contributed by atoms with Gasteiger partial charge in [0.25, 0.3) is 0 Å². The molecule has 2 atom stereocenters. The molecule has 38 heavy (non-hydrogen) atoms. The molecule has 5 N–H and O–H groups in total. The third kappa shape index (κ3) is 8.36. The highest BCUT2D eigenvalue weighted by Gasteiger charge is 2.42. The van der Waals surface area contributed by atoms with E-state index in [1.807, 2.05) is 0 Å². The van der Waals surface area contributed by atoms with Crippen LogP contribution in [0.2, 0.25) is 0 Å². The minimum atomic E-state index is -1.12. The van der Waals surface area contributed by atoms with Crippen molar-refractivity contribution in [3.8, 4) is 5.75 Å². The van der Waals surface area contributed by atoms with Crippen molar-refractivity contribution in [3.63, 3.8) is 0 Å². The Kier molecular flexibility index (Phi) is 9.99. The number of carbonyl (C=O) groups excluding carboxylic acids is 4. The molecule has 2 saturated carbocycles. The molecule has 0 heterocycles. The average molecular weight is 531 g/mol. The van der Waals surface area contributed by atoms with E-state index in [1.165, 1.54) is 17.0 Å². The Morgan fingerprint density at radius 3 is 2.32 bits per heavy atom. The fraction of sp³-hybridized carbons (Fsp3) is 0.643.